The number of ether oxygens (including phenoxy) is 1. The first-order valence-corrected chi connectivity index (χ1v) is 6.89. The quantitative estimate of drug-likeness (QED) is 0.529. The molecule has 1 heterocycles. The summed E-state index contributed by atoms with van der Waals surface area (Å²) < 4.78 is 5.36. The van der Waals surface area contributed by atoms with Gasteiger partial charge in [-0.05, 0) is 5.56 Å². The summed E-state index contributed by atoms with van der Waals surface area (Å²) in [6.45, 7) is -0.525. The van der Waals surface area contributed by atoms with Gasteiger partial charge in [0.15, 0.2) is 0 Å². The van der Waals surface area contributed by atoms with Crippen LogP contribution in [0.25, 0.3) is 0 Å². The van der Waals surface area contributed by atoms with Gasteiger partial charge in [0, 0.05) is 12.1 Å². The van der Waals surface area contributed by atoms with Crippen molar-refractivity contribution in [2.45, 2.75) is 12.9 Å². The lowest BCUT2D eigenvalue weighted by Gasteiger charge is -2.14. The number of amides is 1. The van der Waals surface area contributed by atoms with Crippen LogP contribution in [0.5, 0.6) is 11.8 Å². The molecule has 0 radical (unpaired) electrons. The van der Waals surface area contributed by atoms with E-state index < -0.39 is 36.5 Å². The molecular formula is C15H16N2O7. The second-order valence-electron chi connectivity index (χ2n) is 4.68. The van der Waals surface area contributed by atoms with E-state index in [1.165, 1.54) is 0 Å². The molecular weight excluding hydrogens is 320 g/mol. The Bertz CT molecular complexity index is 680. The molecule has 0 saturated heterocycles. The van der Waals surface area contributed by atoms with E-state index in [-0.39, 0.29) is 6.61 Å². The number of aliphatic hydroxyl groups excluding tert-OH is 1. The van der Waals surface area contributed by atoms with Crippen LogP contribution in [-0.4, -0.2) is 44.8 Å². The maximum atomic E-state index is 11.6. The fourth-order valence-electron chi connectivity index (χ4n) is 1.69. The van der Waals surface area contributed by atoms with Crippen LogP contribution in [0.3, 0.4) is 0 Å². The van der Waals surface area contributed by atoms with Gasteiger partial charge in [0.25, 0.3) is 6.29 Å². The van der Waals surface area contributed by atoms with E-state index >= 15 is 0 Å². The standard InChI is InChI=1S/C15H16N2O7/c18-11(14(21)24-17-12(19)6-7-13(17)20)8-16-15(22)23-9-10-4-2-1-3-5-10/h1-7,14,19-21H,8-9H2,(H,16,22). The number of hydrogen-bond acceptors (Lipinski definition) is 7. The normalized spacial score (nSPS) is 11.5. The van der Waals surface area contributed by atoms with Crippen molar-refractivity contribution in [3.8, 4) is 11.8 Å². The molecule has 9 nitrogen and oxygen atoms in total. The molecule has 24 heavy (non-hydrogen) atoms. The molecule has 0 aliphatic carbocycles. The molecule has 0 saturated carbocycles. The van der Waals surface area contributed by atoms with Gasteiger partial charge in [-0.3, -0.25) is 4.79 Å². The smallest absolute Gasteiger partial charge is 0.407 e. The van der Waals surface area contributed by atoms with Crippen molar-refractivity contribution in [2.75, 3.05) is 6.54 Å². The van der Waals surface area contributed by atoms with Crippen molar-refractivity contribution < 1.29 is 34.5 Å². The number of aromatic hydroxyl groups is 2. The van der Waals surface area contributed by atoms with Crippen LogP contribution in [0.2, 0.25) is 0 Å². The molecule has 9 heteroatoms. The number of nitrogens with zero attached hydrogens (tertiary/aromatic N) is 1. The van der Waals surface area contributed by atoms with Gasteiger partial charge in [0.2, 0.25) is 17.5 Å². The van der Waals surface area contributed by atoms with E-state index in [1.54, 1.807) is 24.3 Å². The van der Waals surface area contributed by atoms with Crippen molar-refractivity contribution in [1.29, 1.82) is 0 Å². The Morgan fingerprint density at radius 2 is 1.71 bits per heavy atom. The maximum Gasteiger partial charge on any atom is 0.407 e. The average Bonchev–Trinajstić information content (AvgIpc) is 2.90. The number of benzene rings is 1. The van der Waals surface area contributed by atoms with Gasteiger partial charge < -0.3 is 30.2 Å². The molecule has 1 amide bonds. The summed E-state index contributed by atoms with van der Waals surface area (Å²) in [6, 6.07) is 11.2. The molecule has 1 atom stereocenters. The highest BCUT2D eigenvalue weighted by atomic mass is 16.8. The van der Waals surface area contributed by atoms with Gasteiger partial charge in [-0.1, -0.05) is 30.3 Å². The van der Waals surface area contributed by atoms with Crippen LogP contribution in [-0.2, 0) is 16.1 Å². The Kier molecular flexibility index (Phi) is 5.63. The van der Waals surface area contributed by atoms with Gasteiger partial charge in [0.05, 0.1) is 6.54 Å². The van der Waals surface area contributed by atoms with Crippen molar-refractivity contribution >= 4 is 11.9 Å². The van der Waals surface area contributed by atoms with Crippen molar-refractivity contribution in [2.24, 2.45) is 0 Å². The molecule has 1 unspecified atom stereocenters. The highest BCUT2D eigenvalue weighted by Gasteiger charge is 2.21. The first kappa shape index (κ1) is 17.2. The number of aromatic nitrogens is 1. The summed E-state index contributed by atoms with van der Waals surface area (Å²) in [5.41, 5.74) is 0.779. The minimum absolute atomic E-state index is 0.0328. The topological polar surface area (TPSA) is 130 Å². The van der Waals surface area contributed by atoms with Gasteiger partial charge in [-0.15, -0.1) is 4.73 Å². The Labute approximate surface area is 136 Å². The molecule has 1 aromatic heterocycles. The summed E-state index contributed by atoms with van der Waals surface area (Å²) in [4.78, 5) is 27.8. The highest BCUT2D eigenvalue weighted by molar-refractivity contribution is 5.86. The van der Waals surface area contributed by atoms with E-state index in [0.717, 1.165) is 17.7 Å². The molecule has 0 aliphatic rings. The lowest BCUT2D eigenvalue weighted by molar-refractivity contribution is -0.157. The number of aliphatic hydroxyl groups is 1. The third-order valence-corrected chi connectivity index (χ3v) is 2.90. The summed E-state index contributed by atoms with van der Waals surface area (Å²) >= 11 is 0. The molecule has 0 bridgehead atoms. The third-order valence-electron chi connectivity index (χ3n) is 2.90. The second kappa shape index (κ2) is 7.88. The molecule has 0 fully saturated rings. The largest absolute Gasteiger partial charge is 0.492 e. The van der Waals surface area contributed by atoms with Crippen LogP contribution in [0, 0.1) is 0 Å². The van der Waals surface area contributed by atoms with Crippen molar-refractivity contribution in [3.05, 3.63) is 48.0 Å². The number of Topliss-reactive ketones (excluding diaryl/α,β-unsaturated/α-hetero) is 1. The lowest BCUT2D eigenvalue weighted by Crippen LogP contribution is -2.40. The summed E-state index contributed by atoms with van der Waals surface area (Å²) in [5.74, 6) is -1.91. The molecule has 1 aromatic carbocycles. The lowest BCUT2D eigenvalue weighted by atomic mass is 10.2. The first-order chi connectivity index (χ1) is 11.5. The van der Waals surface area contributed by atoms with Crippen molar-refractivity contribution in [3.63, 3.8) is 0 Å². The van der Waals surface area contributed by atoms with Crippen LogP contribution in [0.4, 0.5) is 4.79 Å². The first-order valence-electron chi connectivity index (χ1n) is 6.89. The van der Waals surface area contributed by atoms with Gasteiger partial charge in [-0.2, -0.15) is 0 Å². The number of carbonyl (C=O) groups is 2. The zero-order valence-electron chi connectivity index (χ0n) is 12.5. The Balaban J connectivity index is 1.74. The molecule has 0 spiro atoms. The fraction of sp³-hybridized carbons (Fsp3) is 0.200. The van der Waals surface area contributed by atoms with E-state index in [0.29, 0.717) is 4.73 Å². The molecule has 0 aliphatic heterocycles. The fourth-order valence-corrected chi connectivity index (χ4v) is 1.69. The molecule has 128 valence electrons. The average molecular weight is 336 g/mol. The number of hydrogen-bond donors (Lipinski definition) is 4. The van der Waals surface area contributed by atoms with E-state index in [2.05, 4.69) is 10.2 Å². The zero-order valence-corrected chi connectivity index (χ0v) is 12.5. The van der Waals surface area contributed by atoms with E-state index in [4.69, 9.17) is 4.74 Å². The minimum atomic E-state index is -2.00. The summed E-state index contributed by atoms with van der Waals surface area (Å²) in [7, 11) is 0. The highest BCUT2D eigenvalue weighted by Crippen LogP contribution is 2.19. The van der Waals surface area contributed by atoms with Gasteiger partial charge in [-0.25, -0.2) is 4.79 Å². The minimum Gasteiger partial charge on any atom is -0.492 e. The monoisotopic (exact) mass is 336 g/mol. The maximum absolute atomic E-state index is 11.6. The third kappa shape index (κ3) is 4.65. The van der Waals surface area contributed by atoms with Crippen LogP contribution in [0.15, 0.2) is 42.5 Å². The van der Waals surface area contributed by atoms with Crippen LogP contribution >= 0.6 is 0 Å². The Morgan fingerprint density at radius 3 is 2.33 bits per heavy atom. The number of ketones is 1. The van der Waals surface area contributed by atoms with Crippen molar-refractivity contribution in [1.82, 2.24) is 10.0 Å². The number of nitrogens with one attached hydrogen (secondary N) is 1. The molecule has 2 aromatic rings. The summed E-state index contributed by atoms with van der Waals surface area (Å²) in [6.07, 6.45) is -2.84. The van der Waals surface area contributed by atoms with Gasteiger partial charge in [0.1, 0.15) is 6.61 Å². The number of carbonyl (C=O) groups excluding carboxylic acids is 2. The predicted octanol–water partition coefficient (Wildman–Crippen LogP) is 0.142. The van der Waals surface area contributed by atoms with Gasteiger partial charge >= 0.3 is 6.09 Å². The predicted molar refractivity (Wildman–Crippen MR) is 80.0 cm³/mol. The molecule has 4 N–H and O–H groups in total. The van der Waals surface area contributed by atoms with E-state index in [1.807, 2.05) is 6.07 Å². The summed E-state index contributed by atoms with van der Waals surface area (Å²) in [5, 5.41) is 30.4. The SMILES string of the molecule is O=C(NCC(=O)C(O)On1c(O)ccc1O)OCc1ccccc1. The molecule has 2 rings (SSSR count). The Morgan fingerprint density at radius 1 is 1.08 bits per heavy atom. The van der Waals surface area contributed by atoms with E-state index in [9.17, 15) is 24.9 Å². The second-order valence-corrected chi connectivity index (χ2v) is 4.68. The Hall–Kier alpha value is -3.20. The van der Waals surface area contributed by atoms with Crippen LogP contribution in [0.1, 0.15) is 5.56 Å². The number of alkyl carbamates (subject to hydrolysis) is 1. The zero-order chi connectivity index (χ0) is 17.5. The van der Waals surface area contributed by atoms with Crippen LogP contribution < -0.4 is 10.2 Å². The number of rotatable bonds is 7.